The largest absolute Gasteiger partial charge is 0.496 e. The Labute approximate surface area is 134 Å². The maximum absolute atomic E-state index is 12.3. The molecule has 1 N–H and O–H groups in total. The van der Waals surface area contributed by atoms with Crippen molar-refractivity contribution in [2.45, 2.75) is 13.5 Å². The van der Waals surface area contributed by atoms with Crippen LogP contribution in [0.15, 0.2) is 39.4 Å². The van der Waals surface area contributed by atoms with Gasteiger partial charge in [0, 0.05) is 22.9 Å². The van der Waals surface area contributed by atoms with Crippen LogP contribution in [0, 0.1) is 0 Å². The van der Waals surface area contributed by atoms with E-state index in [1.165, 1.54) is 0 Å². The number of aromatic nitrogens is 1. The highest BCUT2D eigenvalue weighted by atomic mass is 79.9. The number of nitrogens with one attached hydrogen (secondary N) is 1. The molecule has 6 heteroatoms. The third kappa shape index (κ3) is 3.24. The average Bonchev–Trinajstić information content (AvgIpc) is 2.80. The minimum absolute atomic E-state index is 0.144. The number of methoxy groups -OCH3 is 1. The predicted molar refractivity (Wildman–Crippen MR) is 86.5 cm³/mol. The van der Waals surface area contributed by atoms with Crippen LogP contribution in [0.3, 0.4) is 0 Å². The Morgan fingerprint density at radius 1 is 1.35 bits per heavy atom. The van der Waals surface area contributed by atoms with Gasteiger partial charge < -0.3 is 14.6 Å². The first-order valence-corrected chi connectivity index (χ1v) is 7.64. The van der Waals surface area contributed by atoms with Gasteiger partial charge in [0.2, 0.25) is 0 Å². The molecule has 0 aliphatic carbocycles. The maximum atomic E-state index is 12.3. The van der Waals surface area contributed by atoms with E-state index in [9.17, 15) is 4.79 Å². The van der Waals surface area contributed by atoms with Crippen LogP contribution >= 0.6 is 31.9 Å². The summed E-state index contributed by atoms with van der Waals surface area (Å²) in [6, 6.07) is 7.21. The molecule has 0 saturated heterocycles. The second kappa shape index (κ2) is 6.45. The molecule has 1 aromatic heterocycles. The van der Waals surface area contributed by atoms with E-state index in [1.807, 2.05) is 23.8 Å². The number of halogens is 2. The lowest BCUT2D eigenvalue weighted by molar-refractivity contribution is 0.101. The van der Waals surface area contributed by atoms with Gasteiger partial charge in [0.05, 0.1) is 11.6 Å². The van der Waals surface area contributed by atoms with E-state index >= 15 is 0 Å². The minimum Gasteiger partial charge on any atom is -0.496 e. The lowest BCUT2D eigenvalue weighted by Gasteiger charge is -2.09. The smallest absolute Gasteiger partial charge is 0.272 e. The highest BCUT2D eigenvalue weighted by molar-refractivity contribution is 9.10. The molecule has 1 amide bonds. The van der Waals surface area contributed by atoms with Crippen LogP contribution in [0.25, 0.3) is 0 Å². The van der Waals surface area contributed by atoms with E-state index in [0.717, 1.165) is 21.2 Å². The van der Waals surface area contributed by atoms with E-state index in [4.69, 9.17) is 4.74 Å². The van der Waals surface area contributed by atoms with Gasteiger partial charge in [-0.15, -0.1) is 0 Å². The van der Waals surface area contributed by atoms with E-state index in [2.05, 4.69) is 37.2 Å². The Morgan fingerprint density at radius 2 is 2.10 bits per heavy atom. The van der Waals surface area contributed by atoms with Gasteiger partial charge in [0.1, 0.15) is 11.4 Å². The van der Waals surface area contributed by atoms with Crippen molar-refractivity contribution in [1.82, 2.24) is 4.57 Å². The fourth-order valence-corrected chi connectivity index (χ4v) is 2.87. The zero-order valence-electron chi connectivity index (χ0n) is 11.1. The number of rotatable bonds is 4. The number of hydrogen-bond donors (Lipinski definition) is 1. The van der Waals surface area contributed by atoms with Gasteiger partial charge in [-0.1, -0.05) is 0 Å². The predicted octanol–water partition coefficient (Wildman–Crippen LogP) is 4.29. The molecule has 0 atom stereocenters. The first-order chi connectivity index (χ1) is 9.55. The molecule has 4 nitrogen and oxygen atoms in total. The summed E-state index contributed by atoms with van der Waals surface area (Å²) in [5, 5.41) is 2.87. The SMILES string of the molecule is CCn1cc(Br)cc1C(=O)Nc1ccc(OC)c(Br)c1. The first kappa shape index (κ1) is 15.1. The number of hydrogen-bond acceptors (Lipinski definition) is 2. The van der Waals surface area contributed by atoms with Gasteiger partial charge >= 0.3 is 0 Å². The summed E-state index contributed by atoms with van der Waals surface area (Å²) < 4.78 is 8.73. The summed E-state index contributed by atoms with van der Waals surface area (Å²) >= 11 is 6.78. The Kier molecular flexibility index (Phi) is 4.88. The third-order valence-electron chi connectivity index (χ3n) is 2.85. The summed E-state index contributed by atoms with van der Waals surface area (Å²) in [6.07, 6.45) is 1.89. The molecule has 2 rings (SSSR count). The van der Waals surface area contributed by atoms with Crippen LogP contribution < -0.4 is 10.1 Å². The number of carbonyl (C=O) groups excluding carboxylic acids is 1. The highest BCUT2D eigenvalue weighted by Gasteiger charge is 2.13. The van der Waals surface area contributed by atoms with Crippen LogP contribution in [-0.4, -0.2) is 17.6 Å². The maximum Gasteiger partial charge on any atom is 0.272 e. The van der Waals surface area contributed by atoms with Crippen molar-refractivity contribution in [1.29, 1.82) is 0 Å². The standard InChI is InChI=1S/C14H14Br2N2O2/c1-3-18-8-9(15)6-12(18)14(19)17-10-4-5-13(20-2)11(16)7-10/h4-8H,3H2,1-2H3,(H,17,19). The second-order valence-electron chi connectivity index (χ2n) is 4.13. The Hall–Kier alpha value is -1.27. The van der Waals surface area contributed by atoms with Gasteiger partial charge in [0.15, 0.2) is 0 Å². The quantitative estimate of drug-likeness (QED) is 0.830. The van der Waals surface area contributed by atoms with Gasteiger partial charge in [-0.3, -0.25) is 4.79 Å². The lowest BCUT2D eigenvalue weighted by atomic mass is 10.3. The first-order valence-electron chi connectivity index (χ1n) is 6.05. The van der Waals surface area contributed by atoms with Crippen LogP contribution in [0.5, 0.6) is 5.75 Å². The van der Waals surface area contributed by atoms with E-state index in [1.54, 1.807) is 25.3 Å². The molecule has 0 fully saturated rings. The third-order valence-corrected chi connectivity index (χ3v) is 3.90. The van der Waals surface area contributed by atoms with Gasteiger partial charge in [-0.05, 0) is 63.0 Å². The lowest BCUT2D eigenvalue weighted by Crippen LogP contribution is -2.16. The Bertz CT molecular complexity index is 638. The zero-order valence-corrected chi connectivity index (χ0v) is 14.3. The zero-order chi connectivity index (χ0) is 14.7. The van der Waals surface area contributed by atoms with Gasteiger partial charge in [-0.25, -0.2) is 0 Å². The molecule has 0 saturated carbocycles. The number of nitrogens with zero attached hydrogens (tertiary/aromatic N) is 1. The summed E-state index contributed by atoms with van der Waals surface area (Å²) in [4.78, 5) is 12.3. The molecular formula is C14H14Br2N2O2. The molecule has 1 aromatic carbocycles. The van der Waals surface area contributed by atoms with E-state index < -0.39 is 0 Å². The van der Waals surface area contributed by atoms with Crippen molar-refractivity contribution in [2.75, 3.05) is 12.4 Å². The fraction of sp³-hybridized carbons (Fsp3) is 0.214. The van der Waals surface area contributed by atoms with Crippen LogP contribution in [-0.2, 0) is 6.54 Å². The number of amides is 1. The van der Waals surface area contributed by atoms with Crippen molar-refractivity contribution in [2.24, 2.45) is 0 Å². The average molecular weight is 402 g/mol. The summed E-state index contributed by atoms with van der Waals surface area (Å²) in [6.45, 7) is 2.73. The van der Waals surface area contributed by atoms with Gasteiger partial charge in [0.25, 0.3) is 5.91 Å². The fourth-order valence-electron chi connectivity index (χ4n) is 1.87. The summed E-state index contributed by atoms with van der Waals surface area (Å²) in [5.41, 5.74) is 1.33. The summed E-state index contributed by atoms with van der Waals surface area (Å²) in [7, 11) is 1.60. The molecule has 0 unspecified atom stereocenters. The Balaban J connectivity index is 2.21. The molecule has 0 spiro atoms. The van der Waals surface area contributed by atoms with Crippen LogP contribution in [0.2, 0.25) is 0 Å². The van der Waals surface area contributed by atoms with Gasteiger partial charge in [-0.2, -0.15) is 0 Å². The van der Waals surface area contributed by atoms with Crippen molar-refractivity contribution in [3.8, 4) is 5.75 Å². The number of ether oxygens (including phenoxy) is 1. The monoisotopic (exact) mass is 400 g/mol. The second-order valence-corrected chi connectivity index (χ2v) is 5.90. The number of aryl methyl sites for hydroxylation is 1. The number of anilines is 1. The molecule has 1 heterocycles. The normalized spacial score (nSPS) is 10.4. The molecule has 0 radical (unpaired) electrons. The molecule has 0 aliphatic rings. The molecule has 106 valence electrons. The molecule has 0 bridgehead atoms. The highest BCUT2D eigenvalue weighted by Crippen LogP contribution is 2.28. The van der Waals surface area contributed by atoms with Crippen molar-refractivity contribution >= 4 is 43.5 Å². The summed E-state index contributed by atoms with van der Waals surface area (Å²) in [5.74, 6) is 0.581. The van der Waals surface area contributed by atoms with Crippen molar-refractivity contribution in [3.05, 3.63) is 45.1 Å². The van der Waals surface area contributed by atoms with E-state index in [0.29, 0.717) is 11.4 Å². The van der Waals surface area contributed by atoms with Crippen molar-refractivity contribution in [3.63, 3.8) is 0 Å². The molecular weight excluding hydrogens is 388 g/mol. The van der Waals surface area contributed by atoms with Crippen LogP contribution in [0.1, 0.15) is 17.4 Å². The Morgan fingerprint density at radius 3 is 2.70 bits per heavy atom. The molecule has 0 aliphatic heterocycles. The minimum atomic E-state index is -0.144. The van der Waals surface area contributed by atoms with Crippen LogP contribution in [0.4, 0.5) is 5.69 Å². The topological polar surface area (TPSA) is 43.3 Å². The molecule has 20 heavy (non-hydrogen) atoms. The number of carbonyl (C=O) groups is 1. The molecule has 2 aromatic rings. The van der Waals surface area contributed by atoms with Crippen molar-refractivity contribution < 1.29 is 9.53 Å². The number of benzene rings is 1. The van der Waals surface area contributed by atoms with E-state index in [-0.39, 0.29) is 5.91 Å².